The van der Waals surface area contributed by atoms with Gasteiger partial charge < -0.3 is 9.72 Å². The summed E-state index contributed by atoms with van der Waals surface area (Å²) in [5.74, 6) is -1.99. The number of nitrogens with one attached hydrogen (secondary N) is 2. The van der Waals surface area contributed by atoms with Crippen LogP contribution in [-0.4, -0.2) is 44.3 Å². The van der Waals surface area contributed by atoms with Crippen molar-refractivity contribution in [2.45, 2.75) is 13.3 Å². The maximum Gasteiger partial charge on any atom is 0.303 e. The number of fused-ring (bicyclic) bond motifs is 1. The van der Waals surface area contributed by atoms with E-state index in [0.29, 0.717) is 6.42 Å². The van der Waals surface area contributed by atoms with Gasteiger partial charge >= 0.3 is 10.2 Å². The van der Waals surface area contributed by atoms with Gasteiger partial charge in [-0.25, -0.2) is 9.11 Å². The minimum atomic E-state index is -4.05. The molecule has 0 spiro atoms. The van der Waals surface area contributed by atoms with Crippen molar-refractivity contribution in [1.29, 1.82) is 0 Å². The first-order valence-electron chi connectivity index (χ1n) is 9.01. The molecule has 2 aromatic carbocycles. The number of hydrogen-bond acceptors (Lipinski definition) is 4. The molecule has 2 N–H and O–H groups in total. The minimum Gasteiger partial charge on any atom is -0.492 e. The molecule has 3 aromatic rings. The molecule has 0 atom stereocenters. The van der Waals surface area contributed by atoms with Crippen molar-refractivity contribution in [3.63, 3.8) is 0 Å². The number of nitrogens with zero attached hydrogens (tertiary/aromatic N) is 1. The zero-order valence-electron chi connectivity index (χ0n) is 16.6. The summed E-state index contributed by atoms with van der Waals surface area (Å²) in [7, 11) is -1.57. The fourth-order valence-electron chi connectivity index (χ4n) is 2.84. The maximum absolute atomic E-state index is 14.4. The Labute approximate surface area is 179 Å². The molecular formula is C20H21ClFN3O4S. The molecule has 7 nitrogen and oxygen atoms in total. The van der Waals surface area contributed by atoms with Crippen LogP contribution >= 0.6 is 11.6 Å². The summed E-state index contributed by atoms with van der Waals surface area (Å²) < 4.78 is 46.0. The zero-order chi connectivity index (χ0) is 22.1. The van der Waals surface area contributed by atoms with Gasteiger partial charge in [0.2, 0.25) is 0 Å². The minimum absolute atomic E-state index is 0.000475. The van der Waals surface area contributed by atoms with Crippen LogP contribution in [0.3, 0.4) is 0 Å². The van der Waals surface area contributed by atoms with E-state index in [1.54, 1.807) is 4.72 Å². The molecule has 3 rings (SSSR count). The second-order valence-electron chi connectivity index (χ2n) is 6.95. The Morgan fingerprint density at radius 2 is 1.97 bits per heavy atom. The number of ether oxygens (including phenoxy) is 1. The van der Waals surface area contributed by atoms with Crippen LogP contribution in [-0.2, 0) is 16.6 Å². The number of aromatic nitrogens is 1. The molecule has 0 aliphatic heterocycles. The molecule has 0 aliphatic carbocycles. The molecule has 0 radical (unpaired) electrons. The largest absolute Gasteiger partial charge is 0.492 e. The van der Waals surface area contributed by atoms with E-state index >= 15 is 0 Å². The van der Waals surface area contributed by atoms with Crippen molar-refractivity contribution in [3.05, 3.63) is 64.1 Å². The number of rotatable bonds is 7. The SMILES string of the molecule is Cc1cc2cc(CCOc3cc(F)c(C(=O)NS(=O)(=O)N(C)C)cc3Cl)ccc2[nH]1. The van der Waals surface area contributed by atoms with Crippen LogP contribution in [0.25, 0.3) is 10.9 Å². The van der Waals surface area contributed by atoms with E-state index in [-0.39, 0.29) is 17.4 Å². The van der Waals surface area contributed by atoms with Gasteiger partial charge in [0.1, 0.15) is 11.6 Å². The topological polar surface area (TPSA) is 91.5 Å². The third kappa shape index (κ3) is 4.92. The molecular weight excluding hydrogens is 433 g/mol. The lowest BCUT2D eigenvalue weighted by atomic mass is 10.1. The fraction of sp³-hybridized carbons (Fsp3) is 0.250. The Kier molecular flexibility index (Phi) is 6.35. The van der Waals surface area contributed by atoms with Crippen LogP contribution in [0.15, 0.2) is 36.4 Å². The third-order valence-corrected chi connectivity index (χ3v) is 6.14. The second-order valence-corrected chi connectivity index (χ2v) is 9.25. The van der Waals surface area contributed by atoms with E-state index in [2.05, 4.69) is 4.98 Å². The predicted octanol–water partition coefficient (Wildman–Crippen LogP) is 3.43. The van der Waals surface area contributed by atoms with Crippen molar-refractivity contribution >= 4 is 38.6 Å². The summed E-state index contributed by atoms with van der Waals surface area (Å²) in [5, 5.41) is 1.10. The van der Waals surface area contributed by atoms with Gasteiger partial charge in [0.25, 0.3) is 5.91 Å². The van der Waals surface area contributed by atoms with Gasteiger partial charge in [-0.15, -0.1) is 0 Å². The first-order chi connectivity index (χ1) is 14.1. The van der Waals surface area contributed by atoms with Crippen molar-refractivity contribution in [1.82, 2.24) is 14.0 Å². The Hall–Kier alpha value is -2.62. The molecule has 0 bridgehead atoms. The molecule has 1 amide bonds. The number of halogens is 2. The molecule has 0 unspecified atom stereocenters. The first-order valence-corrected chi connectivity index (χ1v) is 10.8. The maximum atomic E-state index is 14.4. The molecule has 160 valence electrons. The summed E-state index contributed by atoms with van der Waals surface area (Å²) in [4.78, 5) is 15.4. The molecule has 30 heavy (non-hydrogen) atoms. The summed E-state index contributed by atoms with van der Waals surface area (Å²) in [6, 6.07) is 10.1. The first kappa shape index (κ1) is 22.1. The number of H-pyrrole nitrogens is 1. The highest BCUT2D eigenvalue weighted by atomic mass is 35.5. The van der Waals surface area contributed by atoms with E-state index in [1.807, 2.05) is 31.2 Å². The summed E-state index contributed by atoms with van der Waals surface area (Å²) in [6.07, 6.45) is 0.571. The summed E-state index contributed by atoms with van der Waals surface area (Å²) in [6.45, 7) is 2.23. The lowest BCUT2D eigenvalue weighted by molar-refractivity contribution is 0.0975. The lowest BCUT2D eigenvalue weighted by Gasteiger charge is -2.14. The number of aromatic amines is 1. The average Bonchev–Trinajstić information content (AvgIpc) is 3.03. The fourth-order valence-corrected chi connectivity index (χ4v) is 3.58. The molecule has 1 heterocycles. The van der Waals surface area contributed by atoms with Crippen LogP contribution in [0.1, 0.15) is 21.6 Å². The van der Waals surface area contributed by atoms with Crippen molar-refractivity contribution in [3.8, 4) is 5.75 Å². The highest BCUT2D eigenvalue weighted by molar-refractivity contribution is 7.87. The normalized spacial score (nSPS) is 11.8. The Balaban J connectivity index is 1.68. The van der Waals surface area contributed by atoms with E-state index in [9.17, 15) is 17.6 Å². The highest BCUT2D eigenvalue weighted by Crippen LogP contribution is 2.28. The summed E-state index contributed by atoms with van der Waals surface area (Å²) >= 11 is 6.11. The van der Waals surface area contributed by atoms with Gasteiger partial charge in [-0.3, -0.25) is 4.79 Å². The van der Waals surface area contributed by atoms with E-state index in [4.69, 9.17) is 16.3 Å². The van der Waals surface area contributed by atoms with E-state index in [0.717, 1.165) is 38.6 Å². The third-order valence-electron chi connectivity index (χ3n) is 4.44. The molecule has 0 fully saturated rings. The molecule has 10 heteroatoms. The smallest absolute Gasteiger partial charge is 0.303 e. The number of hydrogen-bond donors (Lipinski definition) is 2. The van der Waals surface area contributed by atoms with Gasteiger partial charge in [-0.2, -0.15) is 12.7 Å². The van der Waals surface area contributed by atoms with Gasteiger partial charge in [-0.05, 0) is 42.1 Å². The second kappa shape index (κ2) is 8.63. The van der Waals surface area contributed by atoms with Crippen LogP contribution < -0.4 is 9.46 Å². The number of carbonyl (C=O) groups is 1. The van der Waals surface area contributed by atoms with Crippen molar-refractivity contribution < 1.29 is 22.3 Å². The van der Waals surface area contributed by atoms with Crippen LogP contribution in [0.2, 0.25) is 5.02 Å². The zero-order valence-corrected chi connectivity index (χ0v) is 18.2. The van der Waals surface area contributed by atoms with Crippen molar-refractivity contribution in [2.75, 3.05) is 20.7 Å². The van der Waals surface area contributed by atoms with Gasteiger partial charge in [0, 0.05) is 37.8 Å². The van der Waals surface area contributed by atoms with Gasteiger partial charge in [-0.1, -0.05) is 17.7 Å². The molecule has 0 saturated carbocycles. The molecule has 0 aliphatic rings. The standard InChI is InChI=1S/C20H21ClFN3O4S/c1-12-8-14-9-13(4-5-18(14)23-12)6-7-29-19-11-17(22)15(10-16(19)21)20(26)24-30(27,28)25(2)3/h4-5,8-11,23H,6-7H2,1-3H3,(H,24,26). The number of amides is 1. The highest BCUT2D eigenvalue weighted by Gasteiger charge is 2.22. The Bertz CT molecular complexity index is 1210. The van der Waals surface area contributed by atoms with Gasteiger partial charge in [0.15, 0.2) is 0 Å². The molecule has 0 saturated heterocycles. The van der Waals surface area contributed by atoms with Crippen LogP contribution in [0.4, 0.5) is 4.39 Å². The summed E-state index contributed by atoms with van der Waals surface area (Å²) in [5.41, 5.74) is 2.67. The lowest BCUT2D eigenvalue weighted by Crippen LogP contribution is -2.39. The predicted molar refractivity (Wildman–Crippen MR) is 114 cm³/mol. The van der Waals surface area contributed by atoms with Gasteiger partial charge in [0.05, 0.1) is 17.2 Å². The quantitative estimate of drug-likeness (QED) is 0.573. The number of carbonyl (C=O) groups excluding carboxylic acids is 1. The number of benzene rings is 2. The Morgan fingerprint density at radius 1 is 1.23 bits per heavy atom. The molecule has 1 aromatic heterocycles. The van der Waals surface area contributed by atoms with Crippen molar-refractivity contribution in [2.24, 2.45) is 0 Å². The number of aryl methyl sites for hydroxylation is 1. The Morgan fingerprint density at radius 3 is 2.67 bits per heavy atom. The average molecular weight is 454 g/mol. The van der Waals surface area contributed by atoms with E-state index < -0.39 is 27.5 Å². The van der Waals surface area contributed by atoms with Crippen LogP contribution in [0.5, 0.6) is 5.75 Å². The van der Waals surface area contributed by atoms with E-state index in [1.165, 1.54) is 14.1 Å². The monoisotopic (exact) mass is 453 g/mol. The van der Waals surface area contributed by atoms with Crippen LogP contribution in [0, 0.1) is 12.7 Å².